The van der Waals surface area contributed by atoms with Gasteiger partial charge in [-0.3, -0.25) is 4.79 Å². The summed E-state index contributed by atoms with van der Waals surface area (Å²) in [6.07, 6.45) is 0.0995. The van der Waals surface area contributed by atoms with Gasteiger partial charge in [0.05, 0.1) is 19.1 Å². The van der Waals surface area contributed by atoms with Gasteiger partial charge in [0.1, 0.15) is 5.78 Å². The molecule has 1 atom stereocenters. The van der Waals surface area contributed by atoms with Gasteiger partial charge in [-0.25, -0.2) is 9.59 Å². The second kappa shape index (κ2) is 7.10. The number of esters is 2. The molecule has 6 heteroatoms. The molecule has 0 saturated heterocycles. The number of ketones is 1. The van der Waals surface area contributed by atoms with E-state index in [0.29, 0.717) is 0 Å². The van der Waals surface area contributed by atoms with Gasteiger partial charge >= 0.3 is 11.9 Å². The van der Waals surface area contributed by atoms with Crippen molar-refractivity contribution in [1.82, 2.24) is 0 Å². The van der Waals surface area contributed by atoms with E-state index in [1.54, 1.807) is 6.92 Å². The summed E-state index contributed by atoms with van der Waals surface area (Å²) in [5, 5.41) is 10.2. The largest absolute Gasteiger partial charge is 0.463 e. The van der Waals surface area contributed by atoms with E-state index in [2.05, 4.69) is 9.47 Å². The van der Waals surface area contributed by atoms with Crippen LogP contribution >= 0.6 is 0 Å². The fraction of sp³-hybridized carbons (Fsp3) is 0.750. The number of ether oxygens (including phenoxy) is 2. The number of carbonyl (C=O) groups is 3. The van der Waals surface area contributed by atoms with Gasteiger partial charge in [-0.2, -0.15) is 0 Å². The smallest absolute Gasteiger partial charge is 0.350 e. The molecule has 0 aliphatic rings. The number of carbonyl (C=O) groups excluding carboxylic acids is 3. The molecular formula is C12H20O6. The summed E-state index contributed by atoms with van der Waals surface area (Å²) in [4.78, 5) is 35.0. The third kappa shape index (κ3) is 3.29. The van der Waals surface area contributed by atoms with Crippen LogP contribution in [0.3, 0.4) is 0 Å². The first-order valence-corrected chi connectivity index (χ1v) is 5.95. The van der Waals surface area contributed by atoms with Crippen LogP contribution in [0, 0.1) is 5.92 Å². The van der Waals surface area contributed by atoms with Crippen LogP contribution in [0.5, 0.6) is 0 Å². The zero-order chi connectivity index (χ0) is 14.3. The molecule has 0 aliphatic carbocycles. The Morgan fingerprint density at radius 3 is 1.72 bits per heavy atom. The summed E-state index contributed by atoms with van der Waals surface area (Å²) >= 11 is 0. The predicted octanol–water partition coefficient (Wildman–Crippen LogP) is 0.459. The number of hydrogen-bond acceptors (Lipinski definition) is 6. The van der Waals surface area contributed by atoms with Crippen LogP contribution in [0.15, 0.2) is 0 Å². The van der Waals surface area contributed by atoms with Crippen LogP contribution in [0.2, 0.25) is 0 Å². The van der Waals surface area contributed by atoms with Gasteiger partial charge < -0.3 is 14.6 Å². The molecule has 1 unspecified atom stereocenters. The van der Waals surface area contributed by atoms with Crippen molar-refractivity contribution in [3.63, 3.8) is 0 Å². The van der Waals surface area contributed by atoms with Crippen molar-refractivity contribution in [3.05, 3.63) is 0 Å². The Hall–Kier alpha value is -1.43. The summed E-state index contributed by atoms with van der Waals surface area (Å²) in [7, 11) is 0. The summed E-state index contributed by atoms with van der Waals surface area (Å²) in [5.74, 6) is -3.94. The molecule has 0 spiro atoms. The number of rotatable bonds is 7. The molecule has 0 heterocycles. The Labute approximate surface area is 106 Å². The maximum Gasteiger partial charge on any atom is 0.350 e. The highest BCUT2D eigenvalue weighted by Gasteiger charge is 2.54. The van der Waals surface area contributed by atoms with E-state index in [4.69, 9.17) is 0 Å². The molecule has 0 radical (unpaired) electrons. The van der Waals surface area contributed by atoms with Gasteiger partial charge in [-0.05, 0) is 13.8 Å². The highest BCUT2D eigenvalue weighted by Crippen LogP contribution is 2.23. The first-order valence-electron chi connectivity index (χ1n) is 5.95. The lowest BCUT2D eigenvalue weighted by Crippen LogP contribution is -2.56. The summed E-state index contributed by atoms with van der Waals surface area (Å²) in [5.41, 5.74) is -2.57. The fourth-order valence-corrected chi connectivity index (χ4v) is 1.46. The molecule has 0 fully saturated rings. The standard InChI is InChI=1S/C12H20O6/c1-5-9(13)8(4)12(16,10(14)17-6-2)11(15)18-7-3/h8,16H,5-7H2,1-4H3. The highest BCUT2D eigenvalue weighted by molar-refractivity contribution is 6.07. The van der Waals surface area contributed by atoms with E-state index in [9.17, 15) is 19.5 Å². The highest BCUT2D eigenvalue weighted by atomic mass is 16.6. The van der Waals surface area contributed by atoms with Crippen LogP contribution in [-0.4, -0.2) is 41.6 Å². The van der Waals surface area contributed by atoms with Gasteiger partial charge in [0, 0.05) is 6.42 Å². The van der Waals surface area contributed by atoms with Crippen molar-refractivity contribution in [2.75, 3.05) is 13.2 Å². The van der Waals surface area contributed by atoms with Gasteiger partial charge in [0.2, 0.25) is 0 Å². The first kappa shape index (κ1) is 16.6. The average molecular weight is 260 g/mol. The van der Waals surface area contributed by atoms with E-state index < -0.39 is 29.2 Å². The third-order valence-corrected chi connectivity index (χ3v) is 2.63. The quantitative estimate of drug-likeness (QED) is 0.528. The summed E-state index contributed by atoms with van der Waals surface area (Å²) < 4.78 is 9.30. The van der Waals surface area contributed by atoms with Crippen molar-refractivity contribution in [1.29, 1.82) is 0 Å². The van der Waals surface area contributed by atoms with Crippen LogP contribution in [0.25, 0.3) is 0 Å². The predicted molar refractivity (Wildman–Crippen MR) is 62.7 cm³/mol. The van der Waals surface area contributed by atoms with Crippen molar-refractivity contribution in [3.8, 4) is 0 Å². The van der Waals surface area contributed by atoms with Crippen LogP contribution < -0.4 is 0 Å². The molecule has 104 valence electrons. The van der Waals surface area contributed by atoms with E-state index in [1.165, 1.54) is 20.8 Å². The molecular weight excluding hydrogens is 240 g/mol. The third-order valence-electron chi connectivity index (χ3n) is 2.63. The molecule has 0 saturated carbocycles. The molecule has 1 N–H and O–H groups in total. The average Bonchev–Trinajstić information content (AvgIpc) is 2.36. The van der Waals surface area contributed by atoms with Crippen molar-refractivity contribution < 1.29 is 29.0 Å². The summed E-state index contributed by atoms with van der Waals surface area (Å²) in [6.45, 7) is 5.95. The Morgan fingerprint density at radius 1 is 1.06 bits per heavy atom. The van der Waals surface area contributed by atoms with E-state index in [-0.39, 0.29) is 19.6 Å². The lowest BCUT2D eigenvalue weighted by Gasteiger charge is -2.28. The topological polar surface area (TPSA) is 89.9 Å². The van der Waals surface area contributed by atoms with Gasteiger partial charge in [-0.1, -0.05) is 13.8 Å². The zero-order valence-electron chi connectivity index (χ0n) is 11.2. The minimum absolute atomic E-state index is 0.00637. The Kier molecular flexibility index (Phi) is 6.54. The first-order chi connectivity index (χ1) is 8.35. The SMILES string of the molecule is CCOC(=O)C(O)(C(=O)OCC)C(C)C(=O)CC. The Bertz CT molecular complexity index is 305. The Morgan fingerprint density at radius 2 is 1.44 bits per heavy atom. The monoisotopic (exact) mass is 260 g/mol. The van der Waals surface area contributed by atoms with Crippen molar-refractivity contribution >= 4 is 17.7 Å². The molecule has 0 aliphatic heterocycles. The Balaban J connectivity index is 5.33. The minimum Gasteiger partial charge on any atom is -0.463 e. The van der Waals surface area contributed by atoms with Gasteiger partial charge in [0.25, 0.3) is 5.60 Å². The summed E-state index contributed by atoms with van der Waals surface area (Å²) in [6, 6.07) is 0. The number of hydrogen-bond donors (Lipinski definition) is 1. The van der Waals surface area contributed by atoms with Gasteiger partial charge in [-0.15, -0.1) is 0 Å². The minimum atomic E-state index is -2.57. The van der Waals surface area contributed by atoms with Gasteiger partial charge in [0.15, 0.2) is 0 Å². The molecule has 6 nitrogen and oxygen atoms in total. The molecule has 18 heavy (non-hydrogen) atoms. The van der Waals surface area contributed by atoms with E-state index >= 15 is 0 Å². The molecule has 0 aromatic rings. The maximum atomic E-state index is 11.7. The van der Waals surface area contributed by atoms with E-state index in [1.807, 2.05) is 0 Å². The molecule has 0 aromatic heterocycles. The normalized spacial score (nSPS) is 12.7. The second-order valence-electron chi connectivity index (χ2n) is 3.75. The van der Waals surface area contributed by atoms with E-state index in [0.717, 1.165) is 0 Å². The maximum absolute atomic E-state index is 11.7. The van der Waals surface area contributed by atoms with Crippen LogP contribution in [0.1, 0.15) is 34.1 Å². The zero-order valence-corrected chi connectivity index (χ0v) is 11.2. The molecule has 0 aromatic carbocycles. The van der Waals surface area contributed by atoms with Crippen LogP contribution in [-0.2, 0) is 23.9 Å². The number of Topliss-reactive ketones (excluding diaryl/α,β-unsaturated/α-hetero) is 1. The number of aliphatic hydroxyl groups is 1. The lowest BCUT2D eigenvalue weighted by atomic mass is 9.84. The lowest BCUT2D eigenvalue weighted by molar-refractivity contribution is -0.190. The fourth-order valence-electron chi connectivity index (χ4n) is 1.46. The van der Waals surface area contributed by atoms with Crippen LogP contribution in [0.4, 0.5) is 0 Å². The molecule has 0 rings (SSSR count). The second-order valence-corrected chi connectivity index (χ2v) is 3.75. The molecule has 0 bridgehead atoms. The van der Waals surface area contributed by atoms with Crippen molar-refractivity contribution in [2.45, 2.75) is 39.7 Å². The van der Waals surface area contributed by atoms with Crippen molar-refractivity contribution in [2.24, 2.45) is 5.92 Å². The molecule has 0 amide bonds.